The first kappa shape index (κ1) is 14.9. The van der Waals surface area contributed by atoms with Gasteiger partial charge in [0.25, 0.3) is 5.91 Å². The number of hydrogen-bond donors (Lipinski definition) is 2. The Morgan fingerprint density at radius 3 is 3.10 bits per heavy atom. The third-order valence-electron chi connectivity index (χ3n) is 3.03. The zero-order valence-electron chi connectivity index (χ0n) is 10.9. The highest BCUT2D eigenvalue weighted by atomic mass is 32.1. The Morgan fingerprint density at radius 2 is 2.40 bits per heavy atom. The first-order valence-electron chi connectivity index (χ1n) is 6.36. The van der Waals surface area contributed by atoms with Gasteiger partial charge in [0, 0.05) is 18.3 Å². The van der Waals surface area contributed by atoms with Crippen LogP contribution < -0.4 is 5.73 Å². The molecule has 1 saturated heterocycles. The molecule has 1 aliphatic rings. The maximum atomic E-state index is 12.4. The van der Waals surface area contributed by atoms with Crippen LogP contribution >= 0.6 is 11.3 Å². The third-order valence-corrected chi connectivity index (χ3v) is 3.94. The Kier molecular flexibility index (Phi) is 5.05. The van der Waals surface area contributed by atoms with E-state index in [1.807, 2.05) is 0 Å². The van der Waals surface area contributed by atoms with E-state index >= 15 is 0 Å². The van der Waals surface area contributed by atoms with Crippen molar-refractivity contribution >= 4 is 23.2 Å². The number of rotatable bonds is 5. The number of aliphatic carboxylic acids is 1. The summed E-state index contributed by atoms with van der Waals surface area (Å²) in [5.74, 6) is -1.18. The van der Waals surface area contributed by atoms with E-state index in [1.165, 1.54) is 11.3 Å². The van der Waals surface area contributed by atoms with Crippen molar-refractivity contribution in [3.63, 3.8) is 0 Å². The van der Waals surface area contributed by atoms with Gasteiger partial charge < -0.3 is 20.5 Å². The van der Waals surface area contributed by atoms with Gasteiger partial charge in [-0.05, 0) is 6.54 Å². The lowest BCUT2D eigenvalue weighted by Crippen LogP contribution is -2.49. The quantitative estimate of drug-likeness (QED) is 0.790. The average Bonchev–Trinajstić information content (AvgIpc) is 2.87. The number of aromatic nitrogens is 1. The Balaban J connectivity index is 2.09. The van der Waals surface area contributed by atoms with Crippen LogP contribution in [0.4, 0.5) is 0 Å². The molecule has 1 atom stereocenters. The summed E-state index contributed by atoms with van der Waals surface area (Å²) in [7, 11) is 0. The molecule has 0 radical (unpaired) electrons. The first-order chi connectivity index (χ1) is 9.61. The minimum absolute atomic E-state index is 0.120. The third kappa shape index (κ3) is 3.53. The number of carbonyl (C=O) groups excluding carboxylic acids is 1. The number of carbonyl (C=O) groups is 2. The molecule has 0 saturated carbocycles. The Morgan fingerprint density at radius 1 is 1.60 bits per heavy atom. The van der Waals surface area contributed by atoms with Crippen LogP contribution in [0.1, 0.15) is 21.9 Å². The van der Waals surface area contributed by atoms with Crippen LogP contribution in [-0.4, -0.2) is 59.2 Å². The van der Waals surface area contributed by atoms with Crippen LogP contribution in [0, 0.1) is 0 Å². The van der Waals surface area contributed by atoms with Crippen LogP contribution in [0.3, 0.4) is 0 Å². The topological polar surface area (TPSA) is 106 Å². The van der Waals surface area contributed by atoms with Crippen LogP contribution in [0.2, 0.25) is 0 Å². The minimum Gasteiger partial charge on any atom is -0.481 e. The molecule has 7 nitrogen and oxygen atoms in total. The maximum absolute atomic E-state index is 12.4. The lowest BCUT2D eigenvalue weighted by molar-refractivity contribution is -0.139. The van der Waals surface area contributed by atoms with Gasteiger partial charge in [0.05, 0.1) is 30.7 Å². The van der Waals surface area contributed by atoms with E-state index in [0.717, 1.165) is 5.01 Å². The smallest absolute Gasteiger partial charge is 0.305 e. The molecule has 1 fully saturated rings. The van der Waals surface area contributed by atoms with E-state index in [2.05, 4.69) is 4.98 Å². The second-order valence-electron chi connectivity index (χ2n) is 4.49. The van der Waals surface area contributed by atoms with Gasteiger partial charge >= 0.3 is 5.97 Å². The molecule has 20 heavy (non-hydrogen) atoms. The van der Waals surface area contributed by atoms with Crippen molar-refractivity contribution in [1.82, 2.24) is 9.88 Å². The highest BCUT2D eigenvalue weighted by Gasteiger charge is 2.30. The molecule has 1 aromatic heterocycles. The lowest BCUT2D eigenvalue weighted by Gasteiger charge is -2.34. The fourth-order valence-electron chi connectivity index (χ4n) is 2.09. The predicted octanol–water partition coefficient (Wildman–Crippen LogP) is -0.0400. The lowest BCUT2D eigenvalue weighted by atomic mass is 10.1. The van der Waals surface area contributed by atoms with Gasteiger partial charge in [-0.25, -0.2) is 4.98 Å². The molecule has 8 heteroatoms. The van der Waals surface area contributed by atoms with Gasteiger partial charge in [-0.1, -0.05) is 0 Å². The number of thiazole rings is 1. The van der Waals surface area contributed by atoms with Crippen LogP contribution in [0.25, 0.3) is 0 Å². The molecule has 0 aromatic carbocycles. The molecule has 1 aromatic rings. The van der Waals surface area contributed by atoms with E-state index in [4.69, 9.17) is 15.6 Å². The molecule has 2 heterocycles. The molecule has 1 amide bonds. The highest BCUT2D eigenvalue weighted by molar-refractivity contribution is 7.09. The molecule has 1 unspecified atom stereocenters. The van der Waals surface area contributed by atoms with Crippen molar-refractivity contribution in [3.05, 3.63) is 16.1 Å². The summed E-state index contributed by atoms with van der Waals surface area (Å²) >= 11 is 1.40. The van der Waals surface area contributed by atoms with Gasteiger partial charge in [0.1, 0.15) is 5.69 Å². The van der Waals surface area contributed by atoms with Gasteiger partial charge in [0.2, 0.25) is 0 Å². The first-order valence-corrected chi connectivity index (χ1v) is 7.24. The molecule has 1 aliphatic heterocycles. The summed E-state index contributed by atoms with van der Waals surface area (Å²) < 4.78 is 5.25. The number of amides is 1. The van der Waals surface area contributed by atoms with Crippen molar-refractivity contribution in [2.45, 2.75) is 18.9 Å². The number of nitrogens with two attached hydrogens (primary N) is 1. The molecular weight excluding hydrogens is 282 g/mol. The average molecular weight is 299 g/mol. The van der Waals surface area contributed by atoms with Gasteiger partial charge in [0.15, 0.2) is 0 Å². The number of carboxylic acid groups (broad SMARTS) is 1. The van der Waals surface area contributed by atoms with Gasteiger partial charge in [-0.15, -0.1) is 11.3 Å². The van der Waals surface area contributed by atoms with Crippen LogP contribution in [0.5, 0.6) is 0 Å². The fraction of sp³-hybridized carbons (Fsp3) is 0.583. The highest BCUT2D eigenvalue weighted by Crippen LogP contribution is 2.17. The fourth-order valence-corrected chi connectivity index (χ4v) is 2.88. The van der Waals surface area contributed by atoms with Gasteiger partial charge in [-0.2, -0.15) is 0 Å². The number of hydrogen-bond acceptors (Lipinski definition) is 6. The van der Waals surface area contributed by atoms with E-state index in [0.29, 0.717) is 31.8 Å². The standard InChI is InChI=1S/C12H17N3O4S/c13-2-1-10-14-9(7-20-10)12(18)15-3-4-19-6-8(15)5-11(16)17/h7-8H,1-6,13H2,(H,16,17). The van der Waals surface area contributed by atoms with Crippen molar-refractivity contribution in [2.24, 2.45) is 5.73 Å². The number of nitrogens with zero attached hydrogens (tertiary/aromatic N) is 2. The second-order valence-corrected chi connectivity index (χ2v) is 5.43. The summed E-state index contributed by atoms with van der Waals surface area (Å²) in [4.78, 5) is 29.0. The molecule has 0 bridgehead atoms. The summed E-state index contributed by atoms with van der Waals surface area (Å²) in [5, 5.41) is 11.4. The SMILES string of the molecule is NCCc1nc(C(=O)N2CCOCC2CC(=O)O)cs1. The van der Waals surface area contributed by atoms with E-state index in [9.17, 15) is 9.59 Å². The monoisotopic (exact) mass is 299 g/mol. The molecule has 0 aliphatic carbocycles. The van der Waals surface area contributed by atoms with E-state index in [1.54, 1.807) is 10.3 Å². The Hall–Kier alpha value is -1.51. The minimum atomic E-state index is -0.944. The number of carboxylic acids is 1. The van der Waals surface area contributed by atoms with Gasteiger partial charge in [-0.3, -0.25) is 9.59 Å². The summed E-state index contributed by atoms with van der Waals surface area (Å²) in [6.45, 7) is 1.54. The maximum Gasteiger partial charge on any atom is 0.305 e. The molecule has 2 rings (SSSR count). The number of ether oxygens (including phenoxy) is 1. The predicted molar refractivity (Wildman–Crippen MR) is 72.8 cm³/mol. The summed E-state index contributed by atoms with van der Waals surface area (Å²) in [6, 6.07) is -0.437. The van der Waals surface area contributed by atoms with Crippen molar-refractivity contribution in [2.75, 3.05) is 26.3 Å². The molecular formula is C12H17N3O4S. The Labute approximate surface area is 120 Å². The summed E-state index contributed by atoms with van der Waals surface area (Å²) in [6.07, 6.45) is 0.519. The van der Waals surface area contributed by atoms with Crippen LogP contribution in [-0.2, 0) is 16.0 Å². The van der Waals surface area contributed by atoms with Crippen LogP contribution in [0.15, 0.2) is 5.38 Å². The van der Waals surface area contributed by atoms with Crippen molar-refractivity contribution in [1.29, 1.82) is 0 Å². The molecule has 110 valence electrons. The zero-order chi connectivity index (χ0) is 14.5. The zero-order valence-corrected chi connectivity index (χ0v) is 11.8. The van der Waals surface area contributed by atoms with Crippen molar-refractivity contribution < 1.29 is 19.4 Å². The normalized spacial score (nSPS) is 19.1. The van der Waals surface area contributed by atoms with E-state index in [-0.39, 0.29) is 18.9 Å². The Bertz CT molecular complexity index is 491. The van der Waals surface area contributed by atoms with Crippen molar-refractivity contribution in [3.8, 4) is 0 Å². The van der Waals surface area contributed by atoms with E-state index < -0.39 is 12.0 Å². The largest absolute Gasteiger partial charge is 0.481 e. The summed E-state index contributed by atoms with van der Waals surface area (Å²) in [5.41, 5.74) is 5.81. The molecule has 0 spiro atoms. The second kappa shape index (κ2) is 6.78. The molecule has 3 N–H and O–H groups in total. The number of morpholine rings is 1.